The number of hydrogen-bond donors (Lipinski definition) is 0. The maximum absolute atomic E-state index is 13.1. The number of nitrogens with zero attached hydrogens (tertiary/aromatic N) is 2. The first-order valence-corrected chi connectivity index (χ1v) is 10.4. The van der Waals surface area contributed by atoms with Crippen LogP contribution in [0.1, 0.15) is 35.6 Å². The Hall–Kier alpha value is -2.14. The van der Waals surface area contributed by atoms with Crippen molar-refractivity contribution in [1.29, 1.82) is 0 Å². The molecule has 0 N–H and O–H groups in total. The fourth-order valence-corrected chi connectivity index (χ4v) is 4.46. The second-order valence-electron chi connectivity index (χ2n) is 8.03. The lowest BCUT2D eigenvalue weighted by Crippen LogP contribution is -2.67. The standard InChI is InChI=1S/C23H27BrN2O2/c1-16-10-17(2)12-19(11-16)14-21(27)26-9-8-23(26,3)22(28)25(4)15-18-6-5-7-20(24)13-18/h5-7,10-13H,8-9,14-15H2,1-4H3. The number of hydrogen-bond acceptors (Lipinski definition) is 2. The van der Waals surface area contributed by atoms with Crippen LogP contribution in [0.5, 0.6) is 0 Å². The van der Waals surface area contributed by atoms with Crippen LogP contribution >= 0.6 is 15.9 Å². The minimum absolute atomic E-state index is 0.00695. The molecule has 0 radical (unpaired) electrons. The zero-order valence-electron chi connectivity index (χ0n) is 17.0. The summed E-state index contributed by atoms with van der Waals surface area (Å²) in [5.74, 6) is 0.00968. The first-order chi connectivity index (χ1) is 13.2. The number of amides is 2. The summed E-state index contributed by atoms with van der Waals surface area (Å²) in [5.41, 5.74) is 3.61. The number of carbonyl (C=O) groups is 2. The van der Waals surface area contributed by atoms with Gasteiger partial charge in [0.05, 0.1) is 6.42 Å². The number of likely N-dealkylation sites (N-methyl/N-ethyl adjacent to an activating group) is 1. The monoisotopic (exact) mass is 442 g/mol. The minimum atomic E-state index is -0.753. The van der Waals surface area contributed by atoms with Gasteiger partial charge < -0.3 is 9.80 Å². The average molecular weight is 443 g/mol. The van der Waals surface area contributed by atoms with Gasteiger partial charge in [0.15, 0.2) is 0 Å². The Labute approximate surface area is 175 Å². The second kappa shape index (κ2) is 8.08. The Morgan fingerprint density at radius 2 is 1.79 bits per heavy atom. The third-order valence-electron chi connectivity index (χ3n) is 5.47. The topological polar surface area (TPSA) is 40.6 Å². The number of halogens is 1. The molecule has 1 unspecified atom stereocenters. The van der Waals surface area contributed by atoms with E-state index in [4.69, 9.17) is 0 Å². The molecule has 0 bridgehead atoms. The van der Waals surface area contributed by atoms with Crippen molar-refractivity contribution in [3.8, 4) is 0 Å². The fourth-order valence-electron chi connectivity index (χ4n) is 4.01. The number of aryl methyl sites for hydroxylation is 2. The fraction of sp³-hybridized carbons (Fsp3) is 0.391. The zero-order chi connectivity index (χ0) is 20.5. The highest BCUT2D eigenvalue weighted by molar-refractivity contribution is 9.10. The van der Waals surface area contributed by atoms with Gasteiger partial charge in [0.1, 0.15) is 5.54 Å². The van der Waals surface area contributed by atoms with Gasteiger partial charge in [0.25, 0.3) is 0 Å². The van der Waals surface area contributed by atoms with Gasteiger partial charge in [-0.1, -0.05) is 57.4 Å². The molecule has 1 atom stereocenters. The first-order valence-electron chi connectivity index (χ1n) is 9.57. The lowest BCUT2D eigenvalue weighted by molar-refractivity contribution is -0.163. The third-order valence-corrected chi connectivity index (χ3v) is 5.97. The number of rotatable bonds is 5. The molecular weight excluding hydrogens is 416 g/mol. The second-order valence-corrected chi connectivity index (χ2v) is 8.95. The molecule has 2 amide bonds. The predicted octanol–water partition coefficient (Wildman–Crippen LogP) is 4.26. The van der Waals surface area contributed by atoms with Crippen molar-refractivity contribution in [2.75, 3.05) is 13.6 Å². The van der Waals surface area contributed by atoms with Crippen molar-refractivity contribution in [2.45, 2.75) is 45.7 Å². The molecule has 3 rings (SSSR count). The van der Waals surface area contributed by atoms with E-state index in [-0.39, 0.29) is 11.8 Å². The van der Waals surface area contributed by atoms with Crippen molar-refractivity contribution < 1.29 is 9.59 Å². The highest BCUT2D eigenvalue weighted by Crippen LogP contribution is 2.33. The predicted molar refractivity (Wildman–Crippen MR) is 115 cm³/mol. The Morgan fingerprint density at radius 1 is 1.11 bits per heavy atom. The molecule has 4 nitrogen and oxygen atoms in total. The van der Waals surface area contributed by atoms with Crippen LogP contribution in [-0.2, 0) is 22.6 Å². The van der Waals surface area contributed by atoms with E-state index in [9.17, 15) is 9.59 Å². The number of likely N-dealkylation sites (tertiary alicyclic amines) is 1. The third kappa shape index (κ3) is 4.30. The summed E-state index contributed by atoms with van der Waals surface area (Å²) in [6.45, 7) is 7.11. The molecule has 2 aromatic rings. The number of benzene rings is 2. The molecule has 28 heavy (non-hydrogen) atoms. The van der Waals surface area contributed by atoms with Crippen LogP contribution in [0.25, 0.3) is 0 Å². The molecule has 1 heterocycles. The summed E-state index contributed by atoms with van der Waals surface area (Å²) >= 11 is 3.47. The van der Waals surface area contributed by atoms with Gasteiger partial charge in [-0.05, 0) is 50.5 Å². The highest BCUT2D eigenvalue weighted by Gasteiger charge is 2.50. The largest absolute Gasteiger partial charge is 0.339 e. The summed E-state index contributed by atoms with van der Waals surface area (Å²) in [6, 6.07) is 14.1. The Morgan fingerprint density at radius 3 is 2.36 bits per heavy atom. The van der Waals surface area contributed by atoms with Crippen LogP contribution in [-0.4, -0.2) is 40.7 Å². The highest BCUT2D eigenvalue weighted by atomic mass is 79.9. The van der Waals surface area contributed by atoms with Crippen molar-refractivity contribution in [1.82, 2.24) is 9.80 Å². The van der Waals surface area contributed by atoms with Crippen molar-refractivity contribution in [3.63, 3.8) is 0 Å². The quantitative estimate of drug-likeness (QED) is 0.693. The van der Waals surface area contributed by atoms with Crippen LogP contribution in [0.3, 0.4) is 0 Å². The van der Waals surface area contributed by atoms with Crippen LogP contribution in [0.15, 0.2) is 46.9 Å². The molecular formula is C23H27BrN2O2. The molecule has 2 aromatic carbocycles. The molecule has 0 spiro atoms. The Bertz CT molecular complexity index is 891. The number of carbonyl (C=O) groups excluding carboxylic acids is 2. The smallest absolute Gasteiger partial charge is 0.248 e. The first kappa shape index (κ1) is 20.6. The summed E-state index contributed by atoms with van der Waals surface area (Å²) in [5, 5.41) is 0. The van der Waals surface area contributed by atoms with Crippen LogP contribution in [0.4, 0.5) is 0 Å². The molecule has 5 heteroatoms. The van der Waals surface area contributed by atoms with Crippen molar-refractivity contribution >= 4 is 27.7 Å². The molecule has 0 aromatic heterocycles. The normalized spacial score (nSPS) is 18.5. The van der Waals surface area contributed by atoms with E-state index in [1.165, 1.54) is 0 Å². The van der Waals surface area contributed by atoms with Gasteiger partial charge >= 0.3 is 0 Å². The van der Waals surface area contributed by atoms with Crippen molar-refractivity contribution in [2.24, 2.45) is 0 Å². The van der Waals surface area contributed by atoms with Gasteiger partial charge in [0.2, 0.25) is 11.8 Å². The van der Waals surface area contributed by atoms with E-state index in [2.05, 4.69) is 22.0 Å². The van der Waals surface area contributed by atoms with E-state index in [1.807, 2.05) is 57.2 Å². The maximum atomic E-state index is 13.1. The summed E-state index contributed by atoms with van der Waals surface area (Å²) in [7, 11) is 1.80. The zero-order valence-corrected chi connectivity index (χ0v) is 18.5. The molecule has 0 aliphatic carbocycles. The maximum Gasteiger partial charge on any atom is 0.248 e. The van der Waals surface area contributed by atoms with E-state index in [0.717, 1.165) is 26.7 Å². The lowest BCUT2D eigenvalue weighted by atomic mass is 9.84. The molecule has 1 saturated heterocycles. The van der Waals surface area contributed by atoms with Crippen molar-refractivity contribution in [3.05, 3.63) is 69.2 Å². The van der Waals surface area contributed by atoms with Crippen LogP contribution < -0.4 is 0 Å². The van der Waals surface area contributed by atoms with E-state index in [1.54, 1.807) is 16.8 Å². The molecule has 1 aliphatic heterocycles. The summed E-state index contributed by atoms with van der Waals surface area (Å²) in [6.07, 6.45) is 1.04. The van der Waals surface area contributed by atoms with E-state index in [0.29, 0.717) is 25.9 Å². The van der Waals surface area contributed by atoms with Gasteiger partial charge in [-0.25, -0.2) is 0 Å². The Kier molecular flexibility index (Phi) is 5.94. The van der Waals surface area contributed by atoms with Gasteiger partial charge in [-0.2, -0.15) is 0 Å². The van der Waals surface area contributed by atoms with Gasteiger partial charge in [-0.15, -0.1) is 0 Å². The van der Waals surface area contributed by atoms with Gasteiger partial charge in [0, 0.05) is 24.6 Å². The average Bonchev–Trinajstić information content (AvgIpc) is 2.58. The molecule has 1 aliphatic rings. The molecule has 148 valence electrons. The summed E-state index contributed by atoms with van der Waals surface area (Å²) in [4.78, 5) is 29.5. The minimum Gasteiger partial charge on any atom is -0.339 e. The van der Waals surface area contributed by atoms with Crippen LogP contribution in [0, 0.1) is 13.8 Å². The summed E-state index contributed by atoms with van der Waals surface area (Å²) < 4.78 is 0.992. The SMILES string of the molecule is Cc1cc(C)cc(CC(=O)N2CCC2(C)C(=O)N(C)Cc2cccc(Br)c2)c1. The van der Waals surface area contributed by atoms with Crippen LogP contribution in [0.2, 0.25) is 0 Å². The van der Waals surface area contributed by atoms with E-state index >= 15 is 0 Å². The Balaban J connectivity index is 1.68. The lowest BCUT2D eigenvalue weighted by Gasteiger charge is -2.50. The van der Waals surface area contributed by atoms with Gasteiger partial charge in [-0.3, -0.25) is 9.59 Å². The molecule has 1 fully saturated rings. The molecule has 0 saturated carbocycles. The van der Waals surface area contributed by atoms with E-state index < -0.39 is 5.54 Å².